The Morgan fingerprint density at radius 3 is 2.45 bits per heavy atom. The third-order valence-corrected chi connectivity index (χ3v) is 5.60. The van der Waals surface area contributed by atoms with Gasteiger partial charge in [-0.05, 0) is 33.6 Å². The van der Waals surface area contributed by atoms with Crippen LogP contribution in [0.4, 0.5) is 0 Å². The summed E-state index contributed by atoms with van der Waals surface area (Å²) in [7, 11) is 0. The smallest absolute Gasteiger partial charge is 0.303 e. The van der Waals surface area contributed by atoms with Gasteiger partial charge in [-0.3, -0.25) is 9.59 Å². The van der Waals surface area contributed by atoms with Gasteiger partial charge in [0.15, 0.2) is 5.78 Å². The van der Waals surface area contributed by atoms with Crippen LogP contribution in [0.3, 0.4) is 0 Å². The summed E-state index contributed by atoms with van der Waals surface area (Å²) in [4.78, 5) is 35.8. The van der Waals surface area contributed by atoms with Crippen LogP contribution in [0.5, 0.6) is 0 Å². The number of ether oxygens (including phenoxy) is 1. The minimum atomic E-state index is -1.47. The van der Waals surface area contributed by atoms with Crippen molar-refractivity contribution in [3.8, 4) is 0 Å². The lowest BCUT2D eigenvalue weighted by atomic mass is 9.67. The third-order valence-electron chi connectivity index (χ3n) is 5.60. The molecule has 22 heavy (non-hydrogen) atoms. The van der Waals surface area contributed by atoms with Gasteiger partial charge in [-0.1, -0.05) is 11.6 Å². The van der Waals surface area contributed by atoms with E-state index in [9.17, 15) is 19.5 Å². The largest absolute Gasteiger partial charge is 0.456 e. The molecule has 1 N–H and O–H groups in total. The number of aliphatic hydroxyl groups is 1. The van der Waals surface area contributed by atoms with E-state index in [1.165, 1.54) is 6.92 Å². The summed E-state index contributed by atoms with van der Waals surface area (Å²) in [5, 5.41) is 10.7. The fourth-order valence-corrected chi connectivity index (χ4v) is 4.04. The Morgan fingerprint density at radius 1 is 1.41 bits per heavy atom. The van der Waals surface area contributed by atoms with Crippen LogP contribution < -0.4 is 0 Å². The number of esters is 1. The summed E-state index contributed by atoms with van der Waals surface area (Å²) < 4.78 is 5.38. The Hall–Kier alpha value is -1.75. The number of rotatable bonds is 2. The number of carbonyl (C=O) groups is 3. The molecular weight excluding hydrogens is 284 g/mol. The first-order valence-corrected chi connectivity index (χ1v) is 7.46. The van der Waals surface area contributed by atoms with Crippen molar-refractivity contribution in [2.24, 2.45) is 10.8 Å². The lowest BCUT2D eigenvalue weighted by Crippen LogP contribution is -2.50. The minimum absolute atomic E-state index is 0.320. The van der Waals surface area contributed by atoms with Gasteiger partial charge in [-0.2, -0.15) is 0 Å². The normalized spacial score (nSPS) is 38.7. The highest BCUT2D eigenvalue weighted by Crippen LogP contribution is 2.65. The van der Waals surface area contributed by atoms with E-state index in [1.54, 1.807) is 19.9 Å². The summed E-state index contributed by atoms with van der Waals surface area (Å²) in [5.41, 5.74) is -1.34. The maximum absolute atomic E-state index is 12.8. The first-order chi connectivity index (χ1) is 10.1. The summed E-state index contributed by atoms with van der Waals surface area (Å²) in [6, 6.07) is 0. The van der Waals surface area contributed by atoms with Gasteiger partial charge in [0, 0.05) is 23.5 Å². The molecule has 1 fully saturated rings. The van der Waals surface area contributed by atoms with Crippen LogP contribution in [0.1, 0.15) is 40.5 Å². The molecule has 3 aliphatic carbocycles. The first kappa shape index (κ1) is 15.2. The van der Waals surface area contributed by atoms with E-state index < -0.39 is 28.5 Å². The molecule has 0 amide bonds. The van der Waals surface area contributed by atoms with Crippen LogP contribution in [0.15, 0.2) is 22.8 Å². The summed E-state index contributed by atoms with van der Waals surface area (Å²) in [6.07, 6.45) is 2.89. The van der Waals surface area contributed by atoms with Crippen molar-refractivity contribution >= 4 is 18.0 Å². The van der Waals surface area contributed by atoms with Gasteiger partial charge in [0.2, 0.25) is 0 Å². The molecule has 0 aliphatic heterocycles. The molecule has 0 radical (unpaired) electrons. The molecule has 3 aliphatic rings. The van der Waals surface area contributed by atoms with Crippen LogP contribution in [0.25, 0.3) is 0 Å². The number of ketones is 1. The molecule has 3 rings (SSSR count). The van der Waals surface area contributed by atoms with Crippen LogP contribution in [-0.2, 0) is 19.1 Å². The predicted octanol–water partition coefficient (Wildman–Crippen LogP) is 1.49. The van der Waals surface area contributed by atoms with Crippen molar-refractivity contribution in [1.29, 1.82) is 0 Å². The molecule has 0 saturated heterocycles. The molecule has 1 spiro atoms. The standard InChI is InChI=1S/C17H20O5/c1-9-12-11(13(20)16(4,21)17(9)5-6-17)7-15(3,8-18)14(12)22-10(2)19/h7-8,14,21H,5-6H2,1-4H3. The highest BCUT2D eigenvalue weighted by Gasteiger charge is 2.67. The Kier molecular flexibility index (Phi) is 2.87. The molecule has 3 atom stereocenters. The van der Waals surface area contributed by atoms with Gasteiger partial charge >= 0.3 is 5.97 Å². The van der Waals surface area contributed by atoms with Crippen LogP contribution in [0, 0.1) is 10.8 Å². The molecule has 5 nitrogen and oxygen atoms in total. The van der Waals surface area contributed by atoms with Gasteiger partial charge < -0.3 is 14.6 Å². The zero-order valence-corrected chi connectivity index (χ0v) is 13.2. The van der Waals surface area contributed by atoms with Gasteiger partial charge in [0.1, 0.15) is 18.0 Å². The van der Waals surface area contributed by atoms with E-state index in [1.807, 2.05) is 6.92 Å². The number of fused-ring (bicyclic) bond motifs is 1. The highest BCUT2D eigenvalue weighted by molar-refractivity contribution is 6.10. The Bertz CT molecular complexity index is 663. The summed E-state index contributed by atoms with van der Waals surface area (Å²) >= 11 is 0. The molecule has 118 valence electrons. The minimum Gasteiger partial charge on any atom is -0.456 e. The lowest BCUT2D eigenvalue weighted by molar-refractivity contribution is -0.149. The highest BCUT2D eigenvalue weighted by atomic mass is 16.5. The second kappa shape index (κ2) is 4.16. The summed E-state index contributed by atoms with van der Waals surface area (Å²) in [5.74, 6) is -0.879. The molecule has 0 bridgehead atoms. The fourth-order valence-electron chi connectivity index (χ4n) is 4.04. The van der Waals surface area contributed by atoms with E-state index in [0.717, 1.165) is 18.4 Å². The van der Waals surface area contributed by atoms with Crippen molar-refractivity contribution in [3.05, 3.63) is 22.8 Å². The van der Waals surface area contributed by atoms with Crippen LogP contribution in [0.2, 0.25) is 0 Å². The molecule has 0 aromatic heterocycles. The SMILES string of the molecule is CC(=O)OC1C2=C(C)C3(CC3)C(C)(O)C(=O)C2=CC1(C)C=O. The number of hydrogen-bond donors (Lipinski definition) is 1. The van der Waals surface area contributed by atoms with Gasteiger partial charge in [-0.15, -0.1) is 0 Å². The first-order valence-electron chi connectivity index (χ1n) is 7.46. The van der Waals surface area contributed by atoms with E-state index in [-0.39, 0.29) is 5.78 Å². The molecule has 0 heterocycles. The molecular formula is C17H20O5. The van der Waals surface area contributed by atoms with Crippen LogP contribution in [-0.4, -0.2) is 34.9 Å². The van der Waals surface area contributed by atoms with E-state index in [4.69, 9.17) is 4.74 Å². The quantitative estimate of drug-likeness (QED) is 0.617. The van der Waals surface area contributed by atoms with Gasteiger partial charge in [-0.25, -0.2) is 0 Å². The van der Waals surface area contributed by atoms with Crippen LogP contribution >= 0.6 is 0 Å². The van der Waals surface area contributed by atoms with Crippen molar-refractivity contribution in [2.45, 2.75) is 52.2 Å². The van der Waals surface area contributed by atoms with E-state index >= 15 is 0 Å². The van der Waals surface area contributed by atoms with Crippen molar-refractivity contribution in [3.63, 3.8) is 0 Å². The van der Waals surface area contributed by atoms with E-state index in [0.29, 0.717) is 17.4 Å². The Morgan fingerprint density at radius 2 is 2.00 bits per heavy atom. The summed E-state index contributed by atoms with van der Waals surface area (Å²) in [6.45, 7) is 6.33. The average Bonchev–Trinajstić information content (AvgIpc) is 3.19. The predicted molar refractivity (Wildman–Crippen MR) is 77.8 cm³/mol. The maximum Gasteiger partial charge on any atom is 0.303 e. The maximum atomic E-state index is 12.8. The molecule has 0 aromatic carbocycles. The Labute approximate surface area is 129 Å². The zero-order valence-electron chi connectivity index (χ0n) is 13.2. The van der Waals surface area contributed by atoms with Crippen molar-refractivity contribution in [1.82, 2.24) is 0 Å². The lowest BCUT2D eigenvalue weighted by Gasteiger charge is -2.40. The third kappa shape index (κ3) is 1.60. The number of carbonyl (C=O) groups excluding carboxylic acids is 3. The second-order valence-electron chi connectivity index (χ2n) is 7.05. The topological polar surface area (TPSA) is 80.7 Å². The Balaban J connectivity index is 2.24. The van der Waals surface area contributed by atoms with Gasteiger partial charge in [0.25, 0.3) is 0 Å². The van der Waals surface area contributed by atoms with Crippen molar-refractivity contribution in [2.75, 3.05) is 0 Å². The number of Topliss-reactive ketones (excluding diaryl/α,β-unsaturated/α-hetero) is 1. The molecule has 1 saturated carbocycles. The molecule has 3 unspecified atom stereocenters. The monoisotopic (exact) mass is 304 g/mol. The molecule has 5 heteroatoms. The van der Waals surface area contributed by atoms with Gasteiger partial charge in [0.05, 0.1) is 5.41 Å². The van der Waals surface area contributed by atoms with Crippen molar-refractivity contribution < 1.29 is 24.2 Å². The second-order valence-corrected chi connectivity index (χ2v) is 7.05. The zero-order chi connectivity index (χ0) is 16.5. The number of aldehydes is 1. The van der Waals surface area contributed by atoms with E-state index in [2.05, 4.69) is 0 Å². The fraction of sp³-hybridized carbons (Fsp3) is 0.588. The number of hydrogen-bond acceptors (Lipinski definition) is 5. The average molecular weight is 304 g/mol. The molecule has 0 aromatic rings.